The van der Waals surface area contributed by atoms with Crippen molar-refractivity contribution in [1.29, 1.82) is 0 Å². The highest BCUT2D eigenvalue weighted by Gasteiger charge is 2.19. The predicted molar refractivity (Wildman–Crippen MR) is 78.1 cm³/mol. The van der Waals surface area contributed by atoms with E-state index < -0.39 is 0 Å². The smallest absolute Gasteiger partial charge is 0.107 e. The second-order valence-electron chi connectivity index (χ2n) is 5.28. The van der Waals surface area contributed by atoms with Gasteiger partial charge in [0.15, 0.2) is 0 Å². The number of rotatable bonds is 5. The average molecular weight is 267 g/mol. The van der Waals surface area contributed by atoms with E-state index in [1.54, 1.807) is 0 Å². The van der Waals surface area contributed by atoms with Gasteiger partial charge in [0.1, 0.15) is 5.01 Å². The summed E-state index contributed by atoms with van der Waals surface area (Å²) in [5.74, 6) is 0.876. The van der Waals surface area contributed by atoms with E-state index in [2.05, 4.69) is 36.0 Å². The lowest BCUT2D eigenvalue weighted by Crippen LogP contribution is -2.36. The van der Waals surface area contributed by atoms with Gasteiger partial charge in [-0.05, 0) is 58.8 Å². The van der Waals surface area contributed by atoms with Gasteiger partial charge >= 0.3 is 0 Å². The Balaban J connectivity index is 1.76. The van der Waals surface area contributed by atoms with Crippen LogP contribution in [0.5, 0.6) is 0 Å². The summed E-state index contributed by atoms with van der Waals surface area (Å²) in [5.41, 5.74) is 1.21. The number of nitrogens with zero attached hydrogens (tertiary/aromatic N) is 2. The van der Waals surface area contributed by atoms with Gasteiger partial charge in [-0.25, -0.2) is 4.98 Å². The van der Waals surface area contributed by atoms with Crippen LogP contribution in [0.25, 0.3) is 0 Å². The average Bonchev–Trinajstić information content (AvgIpc) is 2.67. The van der Waals surface area contributed by atoms with Crippen LogP contribution < -0.4 is 5.32 Å². The molecule has 0 amide bonds. The quantitative estimate of drug-likeness (QED) is 0.889. The van der Waals surface area contributed by atoms with Crippen molar-refractivity contribution in [2.45, 2.75) is 40.2 Å². The van der Waals surface area contributed by atoms with Crippen LogP contribution in [0.15, 0.2) is 0 Å². The summed E-state index contributed by atoms with van der Waals surface area (Å²) in [6.07, 6.45) is 2.66. The molecule has 0 atom stereocenters. The van der Waals surface area contributed by atoms with Gasteiger partial charge in [0, 0.05) is 4.88 Å². The summed E-state index contributed by atoms with van der Waals surface area (Å²) in [6, 6.07) is 0. The third-order valence-electron chi connectivity index (χ3n) is 3.82. The van der Waals surface area contributed by atoms with Gasteiger partial charge < -0.3 is 5.32 Å². The molecular weight excluding hydrogens is 242 g/mol. The summed E-state index contributed by atoms with van der Waals surface area (Å²) >= 11 is 1.86. The molecule has 102 valence electrons. The van der Waals surface area contributed by atoms with Crippen molar-refractivity contribution in [2.24, 2.45) is 5.92 Å². The molecule has 2 heterocycles. The minimum absolute atomic E-state index is 0.876. The molecule has 1 fully saturated rings. The number of likely N-dealkylation sites (tertiary alicyclic amines) is 1. The molecule has 18 heavy (non-hydrogen) atoms. The molecule has 1 saturated heterocycles. The Morgan fingerprint density at radius 3 is 2.61 bits per heavy atom. The largest absolute Gasteiger partial charge is 0.317 e. The molecule has 1 aromatic rings. The molecule has 3 nitrogen and oxygen atoms in total. The van der Waals surface area contributed by atoms with Crippen LogP contribution >= 0.6 is 11.3 Å². The Morgan fingerprint density at radius 1 is 1.33 bits per heavy atom. The van der Waals surface area contributed by atoms with E-state index in [0.29, 0.717) is 0 Å². The normalized spacial score (nSPS) is 18.4. The van der Waals surface area contributed by atoms with E-state index in [1.807, 2.05) is 11.3 Å². The summed E-state index contributed by atoms with van der Waals surface area (Å²) in [4.78, 5) is 8.56. The standard InChI is InChI=1S/C14H25N3S/c1-4-15-9-13-5-7-17(8-6-13)10-14-16-11(2)12(3)18-14/h13,15H,4-10H2,1-3H3. The minimum atomic E-state index is 0.876. The molecule has 4 heteroatoms. The number of piperidine rings is 1. The lowest BCUT2D eigenvalue weighted by atomic mass is 9.97. The number of aryl methyl sites for hydroxylation is 2. The Bertz CT molecular complexity index is 348. The highest BCUT2D eigenvalue weighted by atomic mass is 32.1. The summed E-state index contributed by atoms with van der Waals surface area (Å²) in [7, 11) is 0. The third kappa shape index (κ3) is 3.77. The first kappa shape index (κ1) is 14.0. The Hall–Kier alpha value is -0.450. The molecular formula is C14H25N3S. The van der Waals surface area contributed by atoms with Gasteiger partial charge in [-0.15, -0.1) is 11.3 Å². The van der Waals surface area contributed by atoms with Crippen LogP contribution in [0.4, 0.5) is 0 Å². The van der Waals surface area contributed by atoms with Crippen LogP contribution in [0.3, 0.4) is 0 Å². The topological polar surface area (TPSA) is 28.2 Å². The van der Waals surface area contributed by atoms with Crippen molar-refractivity contribution in [3.05, 3.63) is 15.6 Å². The van der Waals surface area contributed by atoms with Gasteiger partial charge in [-0.2, -0.15) is 0 Å². The first-order valence-corrected chi connectivity index (χ1v) is 7.86. The summed E-state index contributed by atoms with van der Waals surface area (Å²) in [6.45, 7) is 12.3. The first-order chi connectivity index (χ1) is 8.69. The van der Waals surface area contributed by atoms with Gasteiger partial charge in [-0.1, -0.05) is 6.92 Å². The molecule has 0 spiro atoms. The number of aromatic nitrogens is 1. The van der Waals surface area contributed by atoms with Crippen molar-refractivity contribution in [3.8, 4) is 0 Å². The SMILES string of the molecule is CCNCC1CCN(Cc2nc(C)c(C)s2)CC1. The molecule has 0 bridgehead atoms. The van der Waals surface area contributed by atoms with Gasteiger partial charge in [0.05, 0.1) is 12.2 Å². The molecule has 1 N–H and O–H groups in total. The van der Waals surface area contributed by atoms with Crippen molar-refractivity contribution >= 4 is 11.3 Å². The molecule has 0 aliphatic carbocycles. The van der Waals surface area contributed by atoms with E-state index in [0.717, 1.165) is 19.0 Å². The van der Waals surface area contributed by atoms with Crippen molar-refractivity contribution < 1.29 is 0 Å². The number of thiazole rings is 1. The maximum Gasteiger partial charge on any atom is 0.107 e. The van der Waals surface area contributed by atoms with Crippen molar-refractivity contribution in [2.75, 3.05) is 26.2 Å². The summed E-state index contributed by atoms with van der Waals surface area (Å²) < 4.78 is 0. The zero-order chi connectivity index (χ0) is 13.0. The van der Waals surface area contributed by atoms with Crippen LogP contribution in [0, 0.1) is 19.8 Å². The van der Waals surface area contributed by atoms with Crippen LogP contribution in [0.1, 0.15) is 35.3 Å². The second-order valence-corrected chi connectivity index (χ2v) is 6.56. The predicted octanol–water partition coefficient (Wildman–Crippen LogP) is 2.58. The fraction of sp³-hybridized carbons (Fsp3) is 0.786. The Labute approximate surface area is 115 Å². The van der Waals surface area contributed by atoms with Crippen molar-refractivity contribution in [1.82, 2.24) is 15.2 Å². The van der Waals surface area contributed by atoms with Crippen LogP contribution in [-0.4, -0.2) is 36.1 Å². The maximum absolute atomic E-state index is 4.64. The Kier molecular flexibility index (Phi) is 5.15. The maximum atomic E-state index is 4.64. The monoisotopic (exact) mass is 267 g/mol. The fourth-order valence-corrected chi connectivity index (χ4v) is 3.47. The van der Waals surface area contributed by atoms with E-state index in [9.17, 15) is 0 Å². The van der Waals surface area contributed by atoms with E-state index >= 15 is 0 Å². The molecule has 2 rings (SSSR count). The summed E-state index contributed by atoms with van der Waals surface area (Å²) in [5, 5.41) is 4.75. The van der Waals surface area contributed by atoms with Gasteiger partial charge in [0.2, 0.25) is 0 Å². The minimum Gasteiger partial charge on any atom is -0.317 e. The fourth-order valence-electron chi connectivity index (χ4n) is 2.50. The molecule has 0 radical (unpaired) electrons. The zero-order valence-electron chi connectivity index (χ0n) is 11.8. The third-order valence-corrected chi connectivity index (χ3v) is 4.88. The second kappa shape index (κ2) is 6.64. The first-order valence-electron chi connectivity index (χ1n) is 7.05. The van der Waals surface area contributed by atoms with E-state index in [4.69, 9.17) is 0 Å². The molecule has 0 unspecified atom stereocenters. The van der Waals surface area contributed by atoms with E-state index in [-0.39, 0.29) is 0 Å². The molecule has 0 aromatic carbocycles. The lowest BCUT2D eigenvalue weighted by molar-refractivity contribution is 0.175. The van der Waals surface area contributed by atoms with Gasteiger partial charge in [0.25, 0.3) is 0 Å². The molecule has 1 aliphatic rings. The van der Waals surface area contributed by atoms with Crippen molar-refractivity contribution in [3.63, 3.8) is 0 Å². The lowest BCUT2D eigenvalue weighted by Gasteiger charge is -2.31. The van der Waals surface area contributed by atoms with Gasteiger partial charge in [-0.3, -0.25) is 4.90 Å². The molecule has 1 aromatic heterocycles. The Morgan fingerprint density at radius 2 is 2.06 bits per heavy atom. The number of hydrogen-bond donors (Lipinski definition) is 1. The van der Waals surface area contributed by atoms with E-state index in [1.165, 1.54) is 48.1 Å². The highest BCUT2D eigenvalue weighted by Crippen LogP contribution is 2.22. The van der Waals surface area contributed by atoms with Crippen LogP contribution in [0.2, 0.25) is 0 Å². The van der Waals surface area contributed by atoms with Crippen LogP contribution in [-0.2, 0) is 6.54 Å². The molecule has 0 saturated carbocycles. The number of hydrogen-bond acceptors (Lipinski definition) is 4. The molecule has 1 aliphatic heterocycles. The highest BCUT2D eigenvalue weighted by molar-refractivity contribution is 7.11. The zero-order valence-corrected chi connectivity index (χ0v) is 12.6. The number of nitrogens with one attached hydrogen (secondary N) is 1.